The van der Waals surface area contributed by atoms with Crippen molar-refractivity contribution in [2.24, 2.45) is 0 Å². The third-order valence-electron chi connectivity index (χ3n) is 2.68. The van der Waals surface area contributed by atoms with E-state index in [0.717, 1.165) is 10.2 Å². The molecule has 0 spiro atoms. The molecule has 1 aromatic heterocycles. The molecule has 0 amide bonds. The van der Waals surface area contributed by atoms with Gasteiger partial charge in [0.15, 0.2) is 0 Å². The normalized spacial score (nSPS) is 12.4. The Bertz CT molecular complexity index is 302. The number of aromatic nitrogens is 1. The summed E-state index contributed by atoms with van der Waals surface area (Å²) in [6.07, 6.45) is 9.93. The van der Waals surface area contributed by atoms with Crippen LogP contribution in [0.2, 0.25) is 0 Å². The summed E-state index contributed by atoms with van der Waals surface area (Å²) in [4.78, 5) is 4.07. The molecule has 0 saturated heterocycles. The van der Waals surface area contributed by atoms with Gasteiger partial charge in [-0.05, 0) is 34.8 Å². The van der Waals surface area contributed by atoms with E-state index in [4.69, 9.17) is 0 Å². The third-order valence-corrected chi connectivity index (χ3v) is 3.31. The molecule has 2 nitrogen and oxygen atoms in total. The monoisotopic (exact) mass is 284 g/mol. The Hall–Kier alpha value is -0.570. The fraction of sp³-hybridized carbons (Fsp3) is 0.615. The van der Waals surface area contributed by atoms with E-state index in [1.165, 1.54) is 32.1 Å². The molecule has 0 aliphatic heterocycles. The highest BCUT2D eigenvalue weighted by atomic mass is 79.9. The number of rotatable bonds is 7. The maximum Gasteiger partial charge on any atom is 0.0590 e. The van der Waals surface area contributed by atoms with E-state index in [2.05, 4.69) is 40.1 Å². The zero-order valence-electron chi connectivity index (χ0n) is 10.2. The summed E-state index contributed by atoms with van der Waals surface area (Å²) in [7, 11) is 0. The molecule has 90 valence electrons. The van der Waals surface area contributed by atoms with Crippen LogP contribution < -0.4 is 5.32 Å². The Kier molecular flexibility index (Phi) is 6.46. The number of halogens is 1. The van der Waals surface area contributed by atoms with Crippen LogP contribution >= 0.6 is 15.9 Å². The van der Waals surface area contributed by atoms with Gasteiger partial charge in [0.1, 0.15) is 0 Å². The maximum atomic E-state index is 4.07. The van der Waals surface area contributed by atoms with Gasteiger partial charge in [-0.15, -0.1) is 0 Å². The first-order chi connectivity index (χ1) is 7.77. The molecule has 0 aliphatic rings. The second-order valence-electron chi connectivity index (χ2n) is 4.13. The lowest BCUT2D eigenvalue weighted by Crippen LogP contribution is -2.19. The van der Waals surface area contributed by atoms with Crippen molar-refractivity contribution in [2.45, 2.75) is 52.0 Å². The lowest BCUT2D eigenvalue weighted by atomic mass is 10.0. The fourth-order valence-corrected chi connectivity index (χ4v) is 2.16. The Morgan fingerprint density at radius 1 is 1.31 bits per heavy atom. The van der Waals surface area contributed by atoms with E-state index in [1.54, 1.807) is 0 Å². The van der Waals surface area contributed by atoms with E-state index in [1.807, 2.05) is 18.5 Å². The first-order valence-electron chi connectivity index (χ1n) is 6.14. The molecule has 0 aliphatic carbocycles. The van der Waals surface area contributed by atoms with Crippen molar-refractivity contribution in [1.29, 1.82) is 0 Å². The highest BCUT2D eigenvalue weighted by Crippen LogP contribution is 2.23. The van der Waals surface area contributed by atoms with Crippen LogP contribution in [0.5, 0.6) is 0 Å². The van der Waals surface area contributed by atoms with Crippen LogP contribution in [0.15, 0.2) is 22.9 Å². The molecule has 3 heteroatoms. The molecule has 0 fully saturated rings. The minimum atomic E-state index is 0.587. The highest BCUT2D eigenvalue weighted by Gasteiger charge is 2.08. The van der Waals surface area contributed by atoms with Crippen molar-refractivity contribution in [1.82, 2.24) is 4.98 Å². The Labute approximate surface area is 107 Å². The van der Waals surface area contributed by atoms with Gasteiger partial charge in [-0.1, -0.05) is 33.1 Å². The van der Waals surface area contributed by atoms with Gasteiger partial charge in [-0.25, -0.2) is 0 Å². The molecular weight excluding hydrogens is 264 g/mol. The summed E-state index contributed by atoms with van der Waals surface area (Å²) in [5.74, 6) is 0. The number of pyridine rings is 1. The van der Waals surface area contributed by atoms with E-state index < -0.39 is 0 Å². The second-order valence-corrected chi connectivity index (χ2v) is 4.98. The maximum absolute atomic E-state index is 4.07. The zero-order chi connectivity index (χ0) is 11.8. The van der Waals surface area contributed by atoms with Crippen LogP contribution in [0.4, 0.5) is 5.69 Å². The first-order valence-corrected chi connectivity index (χ1v) is 6.93. The lowest BCUT2D eigenvalue weighted by Gasteiger charge is -2.19. The van der Waals surface area contributed by atoms with Gasteiger partial charge >= 0.3 is 0 Å². The van der Waals surface area contributed by atoms with Crippen molar-refractivity contribution in [3.63, 3.8) is 0 Å². The van der Waals surface area contributed by atoms with Gasteiger partial charge in [0, 0.05) is 18.4 Å². The molecule has 0 bridgehead atoms. The summed E-state index contributed by atoms with van der Waals surface area (Å²) in [5.41, 5.74) is 1.16. The van der Waals surface area contributed by atoms with Gasteiger partial charge in [0.25, 0.3) is 0 Å². The molecular formula is C13H21BrN2. The third kappa shape index (κ3) is 4.52. The van der Waals surface area contributed by atoms with E-state index >= 15 is 0 Å². The van der Waals surface area contributed by atoms with Gasteiger partial charge in [0.05, 0.1) is 10.2 Å². The Morgan fingerprint density at radius 3 is 2.75 bits per heavy atom. The minimum Gasteiger partial charge on any atom is -0.381 e. The largest absolute Gasteiger partial charge is 0.381 e. The SMILES string of the molecule is CCCCC(CCC)Nc1ccncc1Br. The van der Waals surface area contributed by atoms with Crippen LogP contribution in [0, 0.1) is 0 Å². The molecule has 0 saturated carbocycles. The van der Waals surface area contributed by atoms with Crippen LogP contribution in [0.3, 0.4) is 0 Å². The summed E-state index contributed by atoms with van der Waals surface area (Å²) in [5, 5.41) is 3.60. The Morgan fingerprint density at radius 2 is 2.12 bits per heavy atom. The molecule has 1 atom stereocenters. The topological polar surface area (TPSA) is 24.9 Å². The fourth-order valence-electron chi connectivity index (χ4n) is 1.80. The number of nitrogens with one attached hydrogen (secondary N) is 1. The van der Waals surface area contributed by atoms with Crippen molar-refractivity contribution < 1.29 is 0 Å². The van der Waals surface area contributed by atoms with Crippen LogP contribution in [0.25, 0.3) is 0 Å². The van der Waals surface area contributed by atoms with Gasteiger partial charge in [-0.3, -0.25) is 4.98 Å². The number of anilines is 1. The van der Waals surface area contributed by atoms with Crippen molar-refractivity contribution in [2.75, 3.05) is 5.32 Å². The molecule has 1 unspecified atom stereocenters. The number of unbranched alkanes of at least 4 members (excludes halogenated alkanes) is 1. The summed E-state index contributed by atoms with van der Waals surface area (Å²) >= 11 is 3.52. The quantitative estimate of drug-likeness (QED) is 0.791. The lowest BCUT2D eigenvalue weighted by molar-refractivity contribution is 0.564. The molecule has 0 radical (unpaired) electrons. The van der Waals surface area contributed by atoms with Crippen LogP contribution in [0.1, 0.15) is 46.0 Å². The summed E-state index contributed by atoms with van der Waals surface area (Å²) in [6.45, 7) is 4.48. The molecule has 1 rings (SSSR count). The van der Waals surface area contributed by atoms with Crippen LogP contribution in [-0.2, 0) is 0 Å². The standard InChI is InChI=1S/C13H21BrN2/c1-3-5-7-11(6-4-2)16-13-8-9-15-10-12(13)14/h8-11H,3-7H2,1-2H3,(H,15,16). The number of nitrogens with zero attached hydrogens (tertiary/aromatic N) is 1. The highest BCUT2D eigenvalue weighted by molar-refractivity contribution is 9.10. The number of hydrogen-bond donors (Lipinski definition) is 1. The minimum absolute atomic E-state index is 0.587. The first kappa shape index (κ1) is 13.5. The van der Waals surface area contributed by atoms with Gasteiger partial charge in [0.2, 0.25) is 0 Å². The average Bonchev–Trinajstić information content (AvgIpc) is 2.29. The predicted octanol–water partition coefficient (Wildman–Crippen LogP) is 4.61. The zero-order valence-corrected chi connectivity index (χ0v) is 11.8. The van der Waals surface area contributed by atoms with Crippen LogP contribution in [-0.4, -0.2) is 11.0 Å². The van der Waals surface area contributed by atoms with E-state index in [9.17, 15) is 0 Å². The number of hydrogen-bond acceptors (Lipinski definition) is 2. The smallest absolute Gasteiger partial charge is 0.0590 e. The molecule has 1 heterocycles. The van der Waals surface area contributed by atoms with E-state index in [0.29, 0.717) is 6.04 Å². The van der Waals surface area contributed by atoms with Gasteiger partial charge < -0.3 is 5.32 Å². The van der Waals surface area contributed by atoms with Gasteiger partial charge in [-0.2, -0.15) is 0 Å². The molecule has 16 heavy (non-hydrogen) atoms. The second kappa shape index (κ2) is 7.66. The summed E-state index contributed by atoms with van der Waals surface area (Å²) < 4.78 is 1.05. The van der Waals surface area contributed by atoms with Crippen molar-refractivity contribution in [3.8, 4) is 0 Å². The summed E-state index contributed by atoms with van der Waals surface area (Å²) in [6, 6.07) is 2.61. The molecule has 0 aromatic carbocycles. The molecule has 1 N–H and O–H groups in total. The van der Waals surface area contributed by atoms with Crippen molar-refractivity contribution in [3.05, 3.63) is 22.9 Å². The Balaban J connectivity index is 2.56. The molecule has 1 aromatic rings. The average molecular weight is 285 g/mol. The van der Waals surface area contributed by atoms with Crippen molar-refractivity contribution >= 4 is 21.6 Å². The van der Waals surface area contributed by atoms with E-state index in [-0.39, 0.29) is 0 Å². The predicted molar refractivity (Wildman–Crippen MR) is 73.8 cm³/mol.